The summed E-state index contributed by atoms with van der Waals surface area (Å²) in [7, 11) is 0. The second kappa shape index (κ2) is 7.25. The van der Waals surface area contributed by atoms with E-state index in [-0.39, 0.29) is 0 Å². The van der Waals surface area contributed by atoms with Crippen molar-refractivity contribution in [2.75, 3.05) is 0 Å². The van der Waals surface area contributed by atoms with Crippen LogP contribution in [0.4, 0.5) is 0 Å². The molecule has 172 valence electrons. The summed E-state index contributed by atoms with van der Waals surface area (Å²) < 4.78 is 15.9. The molecule has 1 saturated heterocycles. The molecule has 33 heavy (non-hydrogen) atoms. The first-order valence-electron chi connectivity index (χ1n) is 13.7. The molecule has 0 amide bonds. The Morgan fingerprint density at radius 2 is 1.52 bits per heavy atom. The number of ether oxygens (including phenoxy) is 2. The number of aromatic nitrogens is 1. The van der Waals surface area contributed by atoms with E-state index in [4.69, 9.17) is 9.47 Å². The first-order chi connectivity index (χ1) is 16.3. The zero-order valence-corrected chi connectivity index (χ0v) is 19.5. The lowest BCUT2D eigenvalue weighted by Gasteiger charge is -2.35. The average molecular weight is 442 g/mol. The van der Waals surface area contributed by atoms with E-state index in [1.54, 1.807) is 0 Å². The molecule has 3 aromatic rings. The number of para-hydroxylation sites is 1. The summed E-state index contributed by atoms with van der Waals surface area (Å²) >= 11 is 0. The predicted octanol–water partition coefficient (Wildman–Crippen LogP) is 7.51. The van der Waals surface area contributed by atoms with Gasteiger partial charge in [-0.25, -0.2) is 0 Å². The van der Waals surface area contributed by atoms with Crippen LogP contribution in [-0.2, 0) is 4.74 Å². The molecule has 0 spiro atoms. The summed E-state index contributed by atoms with van der Waals surface area (Å²) in [6.45, 7) is 0. The minimum atomic E-state index is 0.411. The minimum absolute atomic E-state index is 0.411. The van der Waals surface area contributed by atoms with Gasteiger partial charge >= 0.3 is 0 Å². The molecule has 3 heteroatoms. The van der Waals surface area contributed by atoms with Crippen molar-refractivity contribution in [1.29, 1.82) is 0 Å². The summed E-state index contributed by atoms with van der Waals surface area (Å²) in [6.07, 6.45) is 15.9. The highest BCUT2D eigenvalue weighted by Gasteiger charge is 2.48. The second-order valence-corrected chi connectivity index (χ2v) is 11.6. The molecule has 7 atom stereocenters. The molecule has 3 aliphatic carbocycles. The van der Waals surface area contributed by atoms with Gasteiger partial charge in [-0.05, 0) is 81.4 Å². The van der Waals surface area contributed by atoms with E-state index in [2.05, 4.69) is 41.0 Å². The monoisotopic (exact) mass is 441 g/mol. The molecule has 2 aliphatic heterocycles. The molecule has 0 bridgehead atoms. The Morgan fingerprint density at radius 1 is 0.697 bits per heavy atom. The summed E-state index contributed by atoms with van der Waals surface area (Å²) in [5.74, 6) is 3.33. The van der Waals surface area contributed by atoms with Crippen molar-refractivity contribution in [3.8, 4) is 5.75 Å². The van der Waals surface area contributed by atoms with E-state index < -0.39 is 0 Å². The number of nitrogens with zero attached hydrogens (tertiary/aromatic N) is 1. The van der Waals surface area contributed by atoms with Crippen LogP contribution in [0, 0.1) is 11.8 Å². The van der Waals surface area contributed by atoms with Crippen LogP contribution in [0.15, 0.2) is 36.4 Å². The molecule has 5 aliphatic rings. The second-order valence-electron chi connectivity index (χ2n) is 11.6. The number of benzene rings is 2. The van der Waals surface area contributed by atoms with E-state index in [0.717, 1.165) is 11.8 Å². The summed E-state index contributed by atoms with van der Waals surface area (Å²) in [5.41, 5.74) is 4.35. The Kier molecular flexibility index (Phi) is 4.24. The van der Waals surface area contributed by atoms with Gasteiger partial charge in [0, 0.05) is 39.3 Å². The van der Waals surface area contributed by atoms with Gasteiger partial charge in [0.05, 0.1) is 12.2 Å². The van der Waals surface area contributed by atoms with Crippen LogP contribution in [-0.4, -0.2) is 22.9 Å². The van der Waals surface area contributed by atoms with E-state index in [0.29, 0.717) is 30.3 Å². The van der Waals surface area contributed by atoms with Crippen molar-refractivity contribution < 1.29 is 9.47 Å². The van der Waals surface area contributed by atoms with Crippen molar-refractivity contribution in [2.45, 2.75) is 101 Å². The molecule has 4 fully saturated rings. The molecule has 8 rings (SSSR count). The van der Waals surface area contributed by atoms with Crippen molar-refractivity contribution in [2.24, 2.45) is 11.8 Å². The maximum absolute atomic E-state index is 6.60. The predicted molar refractivity (Wildman–Crippen MR) is 132 cm³/mol. The number of hydrogen-bond donors (Lipinski definition) is 0. The lowest BCUT2D eigenvalue weighted by Crippen LogP contribution is -2.31. The highest BCUT2D eigenvalue weighted by molar-refractivity contribution is 6.09. The van der Waals surface area contributed by atoms with Gasteiger partial charge in [0.1, 0.15) is 11.9 Å². The molecule has 1 aromatic heterocycles. The zero-order valence-electron chi connectivity index (χ0n) is 19.5. The third-order valence-electron chi connectivity index (χ3n) is 10.0. The van der Waals surface area contributed by atoms with Gasteiger partial charge < -0.3 is 14.0 Å². The molecular formula is C30H35NO2. The summed E-state index contributed by atoms with van der Waals surface area (Å²) in [4.78, 5) is 0. The highest BCUT2D eigenvalue weighted by atomic mass is 16.5. The zero-order chi connectivity index (χ0) is 21.5. The first kappa shape index (κ1) is 19.3. The fraction of sp³-hybridized carbons (Fsp3) is 0.600. The lowest BCUT2D eigenvalue weighted by molar-refractivity contribution is 0.00178. The Bertz CT molecular complexity index is 1230. The lowest BCUT2D eigenvalue weighted by atomic mass is 9.72. The van der Waals surface area contributed by atoms with Crippen LogP contribution in [0.5, 0.6) is 5.75 Å². The average Bonchev–Trinajstić information content (AvgIpc) is 3.51. The SMILES string of the molecule is c1ccc2c(c1)c1cc3c(cc1n2C1CCC2OC4CCCC[C@H]4C2C1)C1CCCCC1O3. The maximum Gasteiger partial charge on any atom is 0.124 e. The molecular weight excluding hydrogens is 406 g/mol. The Balaban J connectivity index is 1.25. The molecule has 6 unspecified atom stereocenters. The first-order valence-corrected chi connectivity index (χ1v) is 13.7. The van der Waals surface area contributed by atoms with Crippen LogP contribution in [0.3, 0.4) is 0 Å². The van der Waals surface area contributed by atoms with Crippen LogP contribution < -0.4 is 4.74 Å². The molecule has 0 N–H and O–H groups in total. The van der Waals surface area contributed by atoms with Crippen LogP contribution >= 0.6 is 0 Å². The molecule has 3 saturated carbocycles. The number of hydrogen-bond acceptors (Lipinski definition) is 2. The fourth-order valence-electron chi connectivity index (χ4n) is 8.60. The van der Waals surface area contributed by atoms with Crippen molar-refractivity contribution >= 4 is 21.8 Å². The van der Waals surface area contributed by atoms with E-state index in [1.807, 2.05) is 0 Å². The Hall–Kier alpha value is -2.00. The number of fused-ring (bicyclic) bond motifs is 9. The quantitative estimate of drug-likeness (QED) is 0.390. The molecule has 3 nitrogen and oxygen atoms in total. The van der Waals surface area contributed by atoms with Crippen molar-refractivity contribution in [1.82, 2.24) is 4.57 Å². The van der Waals surface area contributed by atoms with Crippen molar-refractivity contribution in [3.63, 3.8) is 0 Å². The minimum Gasteiger partial charge on any atom is -0.489 e. The van der Waals surface area contributed by atoms with Crippen LogP contribution in [0.1, 0.15) is 88.2 Å². The molecule has 3 heterocycles. The third-order valence-corrected chi connectivity index (χ3v) is 10.0. The maximum atomic E-state index is 6.60. The molecule has 0 radical (unpaired) electrons. The smallest absolute Gasteiger partial charge is 0.124 e. The Labute approximate surface area is 196 Å². The standard InChI is InChI=1S/C30H35NO2/c1-4-10-25-19(7-1)22-17-30-24(21-9-3-6-12-28(21)33-30)16-26(22)31(25)18-13-14-29-23(15-18)20-8-2-5-11-27(20)32-29/h1,4,7,10,16-18,20-21,23,27-29H,2-3,5-6,8-9,11-15H2/t18?,20-,21?,23?,27?,28?,29?/m0/s1. The topological polar surface area (TPSA) is 23.4 Å². The van der Waals surface area contributed by atoms with Crippen molar-refractivity contribution in [3.05, 3.63) is 42.0 Å². The largest absolute Gasteiger partial charge is 0.489 e. The van der Waals surface area contributed by atoms with Gasteiger partial charge in [-0.1, -0.05) is 37.5 Å². The number of rotatable bonds is 1. The van der Waals surface area contributed by atoms with Gasteiger partial charge in [-0.2, -0.15) is 0 Å². The summed E-state index contributed by atoms with van der Waals surface area (Å²) in [6, 6.07) is 14.6. The highest BCUT2D eigenvalue weighted by Crippen LogP contribution is 2.52. The van der Waals surface area contributed by atoms with Gasteiger partial charge in [0.25, 0.3) is 0 Å². The van der Waals surface area contributed by atoms with E-state index >= 15 is 0 Å². The van der Waals surface area contributed by atoms with E-state index in [1.165, 1.54) is 104 Å². The van der Waals surface area contributed by atoms with Gasteiger partial charge in [-0.3, -0.25) is 0 Å². The van der Waals surface area contributed by atoms with Gasteiger partial charge in [-0.15, -0.1) is 0 Å². The summed E-state index contributed by atoms with van der Waals surface area (Å²) in [5, 5.41) is 2.79. The third kappa shape index (κ3) is 2.78. The van der Waals surface area contributed by atoms with Gasteiger partial charge in [0.2, 0.25) is 0 Å². The van der Waals surface area contributed by atoms with Gasteiger partial charge in [0.15, 0.2) is 0 Å². The Morgan fingerprint density at radius 3 is 2.48 bits per heavy atom. The normalized spacial score (nSPS) is 37.4. The molecule has 2 aromatic carbocycles. The van der Waals surface area contributed by atoms with E-state index in [9.17, 15) is 0 Å². The fourth-order valence-corrected chi connectivity index (χ4v) is 8.60. The van der Waals surface area contributed by atoms with Crippen LogP contribution in [0.25, 0.3) is 21.8 Å². The van der Waals surface area contributed by atoms with Crippen LogP contribution in [0.2, 0.25) is 0 Å².